The van der Waals surface area contributed by atoms with Crippen LogP contribution in [-0.2, 0) is 4.74 Å². The van der Waals surface area contributed by atoms with Crippen LogP contribution >= 0.6 is 0 Å². The average Bonchev–Trinajstić information content (AvgIpc) is 2.50. The number of piperazine rings is 1. The summed E-state index contributed by atoms with van der Waals surface area (Å²) in [5, 5.41) is 0. The van der Waals surface area contributed by atoms with Gasteiger partial charge in [-0.2, -0.15) is 0 Å². The molecule has 21 heavy (non-hydrogen) atoms. The zero-order chi connectivity index (χ0) is 15.2. The van der Waals surface area contributed by atoms with Crippen molar-refractivity contribution in [2.45, 2.75) is 32.4 Å². The van der Waals surface area contributed by atoms with E-state index in [4.69, 9.17) is 4.74 Å². The maximum atomic E-state index is 12.5. The van der Waals surface area contributed by atoms with Crippen molar-refractivity contribution in [1.29, 1.82) is 0 Å². The molecule has 0 radical (unpaired) electrons. The quantitative estimate of drug-likeness (QED) is 0.774. The van der Waals surface area contributed by atoms with Gasteiger partial charge in [0, 0.05) is 63.4 Å². The molecule has 0 saturated carbocycles. The molecule has 1 aromatic rings. The molecule has 0 bridgehead atoms. The van der Waals surface area contributed by atoms with Gasteiger partial charge in [0.1, 0.15) is 0 Å². The summed E-state index contributed by atoms with van der Waals surface area (Å²) in [4.78, 5) is 20.9. The lowest BCUT2D eigenvalue weighted by Gasteiger charge is -2.44. The molecule has 2 atom stereocenters. The van der Waals surface area contributed by atoms with Crippen molar-refractivity contribution >= 4 is 5.91 Å². The molecule has 5 nitrogen and oxygen atoms in total. The van der Waals surface area contributed by atoms with Gasteiger partial charge in [0.25, 0.3) is 5.91 Å². The van der Waals surface area contributed by atoms with E-state index in [1.807, 2.05) is 4.90 Å². The van der Waals surface area contributed by atoms with Crippen LogP contribution in [0.3, 0.4) is 0 Å². The highest BCUT2D eigenvalue weighted by Crippen LogP contribution is 2.18. The summed E-state index contributed by atoms with van der Waals surface area (Å²) in [6.07, 6.45) is 4.37. The lowest BCUT2D eigenvalue weighted by molar-refractivity contribution is 0.0270. The number of carbonyl (C=O) groups is 1. The highest BCUT2D eigenvalue weighted by atomic mass is 16.5. The maximum absolute atomic E-state index is 12.5. The van der Waals surface area contributed by atoms with E-state index < -0.39 is 0 Å². The Kier molecular flexibility index (Phi) is 5.70. The van der Waals surface area contributed by atoms with Gasteiger partial charge in [0.15, 0.2) is 0 Å². The van der Waals surface area contributed by atoms with Crippen LogP contribution in [0.25, 0.3) is 0 Å². The highest BCUT2D eigenvalue weighted by Gasteiger charge is 2.31. The second kappa shape index (κ2) is 7.52. The van der Waals surface area contributed by atoms with Gasteiger partial charge in [0.2, 0.25) is 0 Å². The third kappa shape index (κ3) is 4.02. The number of carbonyl (C=O) groups excluding carboxylic acids is 1. The predicted octanol–water partition coefficient (Wildman–Crippen LogP) is 1.65. The van der Waals surface area contributed by atoms with Gasteiger partial charge < -0.3 is 9.64 Å². The minimum Gasteiger partial charge on any atom is -0.385 e. The van der Waals surface area contributed by atoms with Crippen LogP contribution in [0.2, 0.25) is 0 Å². The molecule has 1 saturated heterocycles. The first kappa shape index (κ1) is 15.9. The molecule has 2 heterocycles. The van der Waals surface area contributed by atoms with Crippen molar-refractivity contribution in [3.63, 3.8) is 0 Å². The van der Waals surface area contributed by atoms with Crippen LogP contribution in [0.5, 0.6) is 0 Å². The van der Waals surface area contributed by atoms with Crippen molar-refractivity contribution in [3.8, 4) is 0 Å². The second-order valence-electron chi connectivity index (χ2n) is 5.73. The van der Waals surface area contributed by atoms with Crippen molar-refractivity contribution < 1.29 is 9.53 Å². The molecule has 0 aliphatic carbocycles. The molecule has 2 unspecified atom stereocenters. The van der Waals surface area contributed by atoms with Gasteiger partial charge in [0.05, 0.1) is 0 Å². The third-order valence-electron chi connectivity index (χ3n) is 4.08. The summed E-state index contributed by atoms with van der Waals surface area (Å²) in [5.41, 5.74) is 0.720. The molecule has 1 aliphatic rings. The average molecular weight is 291 g/mol. The first-order chi connectivity index (χ1) is 10.1. The number of hydrogen-bond acceptors (Lipinski definition) is 4. The first-order valence-electron chi connectivity index (χ1n) is 7.57. The van der Waals surface area contributed by atoms with Crippen LogP contribution in [0, 0.1) is 0 Å². The van der Waals surface area contributed by atoms with Gasteiger partial charge in [-0.25, -0.2) is 0 Å². The Labute approximate surface area is 126 Å². The van der Waals surface area contributed by atoms with Gasteiger partial charge >= 0.3 is 0 Å². The van der Waals surface area contributed by atoms with Gasteiger partial charge in [-0.3, -0.25) is 14.7 Å². The number of aromatic nitrogens is 1. The molecule has 0 aromatic carbocycles. The van der Waals surface area contributed by atoms with Crippen molar-refractivity contribution in [3.05, 3.63) is 30.1 Å². The first-order valence-corrected chi connectivity index (χ1v) is 7.57. The molecule has 0 spiro atoms. The second-order valence-corrected chi connectivity index (χ2v) is 5.73. The monoisotopic (exact) mass is 291 g/mol. The van der Waals surface area contributed by atoms with Crippen LogP contribution in [0.1, 0.15) is 30.6 Å². The van der Waals surface area contributed by atoms with E-state index in [2.05, 4.69) is 23.7 Å². The summed E-state index contributed by atoms with van der Waals surface area (Å²) >= 11 is 0. The Morgan fingerprint density at radius 2 is 1.90 bits per heavy atom. The fourth-order valence-electron chi connectivity index (χ4n) is 3.03. The van der Waals surface area contributed by atoms with Crippen LogP contribution in [0.15, 0.2) is 24.5 Å². The SMILES string of the molecule is COCCCN1C(C)CN(C(=O)c2ccncc2)CC1C. The Hall–Kier alpha value is -1.46. The molecule has 116 valence electrons. The van der Waals surface area contributed by atoms with E-state index in [0.29, 0.717) is 12.1 Å². The standard InChI is InChI=1S/C16H25N3O2/c1-13-11-18(16(20)15-5-7-17-8-6-15)12-14(2)19(13)9-4-10-21-3/h5-8,13-14H,4,9-12H2,1-3H3. The minimum atomic E-state index is 0.104. The minimum absolute atomic E-state index is 0.104. The summed E-state index contributed by atoms with van der Waals surface area (Å²) in [6.45, 7) is 7.74. The Bertz CT molecular complexity index is 440. The number of nitrogens with zero attached hydrogens (tertiary/aromatic N) is 3. The van der Waals surface area contributed by atoms with E-state index in [9.17, 15) is 4.79 Å². The fraction of sp³-hybridized carbons (Fsp3) is 0.625. The van der Waals surface area contributed by atoms with Gasteiger partial charge in [-0.1, -0.05) is 0 Å². The van der Waals surface area contributed by atoms with Crippen molar-refractivity contribution in [2.24, 2.45) is 0 Å². The maximum Gasteiger partial charge on any atom is 0.254 e. The Balaban J connectivity index is 1.96. The summed E-state index contributed by atoms with van der Waals surface area (Å²) in [7, 11) is 1.73. The molecule has 0 N–H and O–H groups in total. The van der Waals surface area contributed by atoms with Gasteiger partial charge in [-0.05, 0) is 32.4 Å². The number of rotatable bonds is 5. The smallest absolute Gasteiger partial charge is 0.254 e. The Morgan fingerprint density at radius 3 is 2.48 bits per heavy atom. The van der Waals surface area contributed by atoms with E-state index in [-0.39, 0.29) is 5.91 Å². The van der Waals surface area contributed by atoms with Crippen molar-refractivity contribution in [1.82, 2.24) is 14.8 Å². The molecular formula is C16H25N3O2. The topological polar surface area (TPSA) is 45.7 Å². The lowest BCUT2D eigenvalue weighted by atomic mass is 10.1. The number of hydrogen-bond donors (Lipinski definition) is 0. The van der Waals surface area contributed by atoms with Gasteiger partial charge in [-0.15, -0.1) is 0 Å². The predicted molar refractivity (Wildman–Crippen MR) is 82.3 cm³/mol. The summed E-state index contributed by atoms with van der Waals surface area (Å²) in [6, 6.07) is 4.30. The molecule has 1 aromatic heterocycles. The number of ether oxygens (including phenoxy) is 1. The molecule has 1 fully saturated rings. The Morgan fingerprint density at radius 1 is 1.29 bits per heavy atom. The van der Waals surface area contributed by atoms with Crippen LogP contribution in [0.4, 0.5) is 0 Å². The zero-order valence-corrected chi connectivity index (χ0v) is 13.2. The normalized spacial score (nSPS) is 23.3. The van der Waals surface area contributed by atoms with Crippen molar-refractivity contribution in [2.75, 3.05) is 33.4 Å². The molecule has 5 heteroatoms. The summed E-state index contributed by atoms with van der Waals surface area (Å²) in [5.74, 6) is 0.104. The molecule has 1 amide bonds. The number of amides is 1. The van der Waals surface area contributed by atoms with E-state index >= 15 is 0 Å². The number of methoxy groups -OCH3 is 1. The number of pyridine rings is 1. The largest absolute Gasteiger partial charge is 0.385 e. The van der Waals surface area contributed by atoms with E-state index in [1.165, 1.54) is 0 Å². The fourth-order valence-corrected chi connectivity index (χ4v) is 3.03. The third-order valence-corrected chi connectivity index (χ3v) is 4.08. The molecule has 2 rings (SSSR count). The van der Waals surface area contributed by atoms with E-state index in [0.717, 1.165) is 38.2 Å². The van der Waals surface area contributed by atoms with E-state index in [1.54, 1.807) is 31.6 Å². The molecular weight excluding hydrogens is 266 g/mol. The van der Waals surface area contributed by atoms with Crippen LogP contribution in [-0.4, -0.2) is 66.1 Å². The highest BCUT2D eigenvalue weighted by molar-refractivity contribution is 5.94. The lowest BCUT2D eigenvalue weighted by Crippen LogP contribution is -2.58. The molecule has 1 aliphatic heterocycles. The summed E-state index contributed by atoms with van der Waals surface area (Å²) < 4.78 is 5.12. The zero-order valence-electron chi connectivity index (χ0n) is 13.2. The van der Waals surface area contributed by atoms with Crippen LogP contribution < -0.4 is 0 Å².